The molecule has 0 bridgehead atoms. The van der Waals surface area contributed by atoms with Crippen molar-refractivity contribution in [3.05, 3.63) is 29.5 Å². The van der Waals surface area contributed by atoms with Crippen LogP contribution in [0.25, 0.3) is 0 Å². The first-order valence-corrected chi connectivity index (χ1v) is 13.9. The van der Waals surface area contributed by atoms with Crippen LogP contribution in [0.4, 0.5) is 5.69 Å². The van der Waals surface area contributed by atoms with Gasteiger partial charge in [0, 0.05) is 41.3 Å². The van der Waals surface area contributed by atoms with Crippen LogP contribution in [-0.4, -0.2) is 75.7 Å². The topological polar surface area (TPSA) is 78.5 Å². The Labute approximate surface area is 227 Å². The molecule has 38 heavy (non-hydrogen) atoms. The molecule has 1 aromatic carbocycles. The van der Waals surface area contributed by atoms with Crippen LogP contribution in [0.15, 0.2) is 24.0 Å². The second-order valence-corrected chi connectivity index (χ2v) is 12.2. The molecular formula is C29H43BN2O6. The highest BCUT2D eigenvalue weighted by atomic mass is 16.7. The Kier molecular flexibility index (Phi) is 7.24. The minimum absolute atomic E-state index is 0.0716. The Morgan fingerprint density at radius 3 is 2.50 bits per heavy atom. The van der Waals surface area contributed by atoms with Gasteiger partial charge in [-0.25, -0.2) is 4.79 Å². The lowest BCUT2D eigenvalue weighted by molar-refractivity contribution is -0.137. The molecular weight excluding hydrogens is 483 g/mol. The summed E-state index contributed by atoms with van der Waals surface area (Å²) in [5.41, 5.74) is 3.12. The Bertz CT molecular complexity index is 1090. The number of carbonyl (C=O) groups is 1. The van der Waals surface area contributed by atoms with E-state index in [2.05, 4.69) is 57.0 Å². The van der Waals surface area contributed by atoms with Gasteiger partial charge in [0.05, 0.1) is 44.4 Å². The molecule has 0 aliphatic carbocycles. The molecule has 208 valence electrons. The van der Waals surface area contributed by atoms with Crippen LogP contribution >= 0.6 is 0 Å². The monoisotopic (exact) mass is 526 g/mol. The first-order chi connectivity index (χ1) is 18.1. The first kappa shape index (κ1) is 27.3. The van der Waals surface area contributed by atoms with Crippen LogP contribution < -0.4 is 15.5 Å². The maximum atomic E-state index is 12.8. The van der Waals surface area contributed by atoms with E-state index in [0.29, 0.717) is 17.4 Å². The number of esters is 1. The fourth-order valence-electron chi connectivity index (χ4n) is 7.05. The summed E-state index contributed by atoms with van der Waals surface area (Å²) in [6, 6.07) is 4.59. The number of piperidine rings is 2. The van der Waals surface area contributed by atoms with Crippen molar-refractivity contribution in [2.45, 2.75) is 83.1 Å². The molecule has 5 rings (SSSR count). The lowest BCUT2D eigenvalue weighted by Gasteiger charge is -2.50. The van der Waals surface area contributed by atoms with Crippen LogP contribution in [0.5, 0.6) is 5.75 Å². The van der Waals surface area contributed by atoms with Gasteiger partial charge < -0.3 is 28.8 Å². The molecule has 3 fully saturated rings. The second-order valence-electron chi connectivity index (χ2n) is 12.2. The minimum Gasteiger partial charge on any atom is -0.504 e. The summed E-state index contributed by atoms with van der Waals surface area (Å²) in [7, 11) is 4.32. The van der Waals surface area contributed by atoms with Gasteiger partial charge in [0.15, 0.2) is 0 Å². The molecule has 8 nitrogen and oxygen atoms in total. The molecule has 4 aliphatic heterocycles. The number of carbonyl (C=O) groups excluding carboxylic acids is 1. The van der Waals surface area contributed by atoms with Gasteiger partial charge in [-0.3, -0.25) is 4.90 Å². The molecule has 0 aromatic heterocycles. The van der Waals surface area contributed by atoms with Gasteiger partial charge in [-0.15, -0.1) is 0 Å². The van der Waals surface area contributed by atoms with Crippen LogP contribution in [-0.2, 0) is 23.6 Å². The van der Waals surface area contributed by atoms with Crippen molar-refractivity contribution in [1.82, 2.24) is 4.90 Å². The average Bonchev–Trinajstić information content (AvgIpc) is 3.39. The zero-order valence-electron chi connectivity index (χ0n) is 24.1. The zero-order valence-corrected chi connectivity index (χ0v) is 24.1. The molecule has 4 aliphatic rings. The van der Waals surface area contributed by atoms with E-state index in [0.717, 1.165) is 49.3 Å². The molecule has 3 saturated heterocycles. The van der Waals surface area contributed by atoms with Crippen molar-refractivity contribution in [3.8, 4) is 5.75 Å². The number of nitrogens with zero attached hydrogens (tertiary/aromatic N) is 1. The predicted octanol–water partition coefficient (Wildman–Crippen LogP) is 3.70. The molecule has 4 heterocycles. The van der Waals surface area contributed by atoms with Crippen LogP contribution in [0, 0.1) is 11.8 Å². The number of nitrogens with one attached hydrogen (secondary N) is 1. The molecule has 0 saturated carbocycles. The van der Waals surface area contributed by atoms with E-state index in [1.54, 1.807) is 20.5 Å². The van der Waals surface area contributed by atoms with Gasteiger partial charge in [-0.2, -0.15) is 0 Å². The van der Waals surface area contributed by atoms with E-state index >= 15 is 0 Å². The summed E-state index contributed by atoms with van der Waals surface area (Å²) in [6.07, 6.45) is 4.49. The number of rotatable bonds is 6. The van der Waals surface area contributed by atoms with Gasteiger partial charge in [-0.1, -0.05) is 19.4 Å². The largest absolute Gasteiger partial charge is 0.504 e. The van der Waals surface area contributed by atoms with Crippen molar-refractivity contribution in [2.24, 2.45) is 11.8 Å². The van der Waals surface area contributed by atoms with E-state index < -0.39 is 18.3 Å². The third-order valence-corrected chi connectivity index (χ3v) is 9.81. The minimum atomic E-state index is -0.456. The molecule has 0 amide bonds. The lowest BCUT2D eigenvalue weighted by atomic mass is 9.70. The molecule has 1 N–H and O–H groups in total. The standard InChI is InChI=1S/C29H43BN2O6/c1-9-17-15-32-13-12-18-24-23(35-7)11-10-21(30-37-28(2,3)29(4,5)38-30)26(24)31-25(18)22(32)14-19(17)20(16-34-6)27(33)36-8/h10-11,16-19,22,25,31H,9,12-15H2,1-8H3/b20-16+/t17-,18?,19+,22?,25?/m1/s1. The van der Waals surface area contributed by atoms with Gasteiger partial charge in [-0.05, 0) is 65.0 Å². The SMILES string of the molecule is CC[C@@H]1CN2CCC3c4c(OC)ccc(B5OC(C)(C)C(C)(C)O5)c4NC3C2C[C@@H]1/C(=C\OC)C(=O)OC. The van der Waals surface area contributed by atoms with E-state index in [1.807, 2.05) is 0 Å². The van der Waals surface area contributed by atoms with Gasteiger partial charge >= 0.3 is 13.1 Å². The number of fused-ring (bicyclic) bond motifs is 5. The number of hydrogen-bond acceptors (Lipinski definition) is 8. The van der Waals surface area contributed by atoms with Crippen molar-refractivity contribution < 1.29 is 28.3 Å². The summed E-state index contributed by atoms with van der Waals surface area (Å²) < 4.78 is 29.3. The average molecular weight is 526 g/mol. The van der Waals surface area contributed by atoms with E-state index in [-0.39, 0.29) is 24.0 Å². The van der Waals surface area contributed by atoms with Gasteiger partial charge in [0.2, 0.25) is 0 Å². The third-order valence-electron chi connectivity index (χ3n) is 9.81. The highest BCUT2D eigenvalue weighted by Crippen LogP contribution is 2.51. The maximum Gasteiger partial charge on any atom is 0.496 e. The second kappa shape index (κ2) is 10.1. The molecule has 9 heteroatoms. The Hall–Kier alpha value is -2.23. The molecule has 1 aromatic rings. The Balaban J connectivity index is 1.49. The highest BCUT2D eigenvalue weighted by molar-refractivity contribution is 6.64. The van der Waals surface area contributed by atoms with E-state index in [4.69, 9.17) is 23.5 Å². The summed E-state index contributed by atoms with van der Waals surface area (Å²) in [4.78, 5) is 15.4. The smallest absolute Gasteiger partial charge is 0.496 e. The summed E-state index contributed by atoms with van der Waals surface area (Å²) in [6.45, 7) is 12.5. The van der Waals surface area contributed by atoms with E-state index in [9.17, 15) is 4.79 Å². The Morgan fingerprint density at radius 2 is 1.89 bits per heavy atom. The van der Waals surface area contributed by atoms with Crippen molar-refractivity contribution >= 4 is 24.2 Å². The zero-order chi connectivity index (χ0) is 27.4. The van der Waals surface area contributed by atoms with Crippen molar-refractivity contribution in [3.63, 3.8) is 0 Å². The summed E-state index contributed by atoms with van der Waals surface area (Å²) >= 11 is 0. The van der Waals surface area contributed by atoms with Crippen molar-refractivity contribution in [1.29, 1.82) is 0 Å². The van der Waals surface area contributed by atoms with Crippen molar-refractivity contribution in [2.75, 3.05) is 39.7 Å². The molecule has 5 atom stereocenters. The quantitative estimate of drug-likeness (QED) is 0.260. The number of hydrogen-bond donors (Lipinski definition) is 1. The molecule has 3 unspecified atom stereocenters. The Morgan fingerprint density at radius 1 is 1.18 bits per heavy atom. The fourth-order valence-corrected chi connectivity index (χ4v) is 7.05. The van der Waals surface area contributed by atoms with Gasteiger partial charge in [0.1, 0.15) is 5.75 Å². The normalized spacial score (nSPS) is 31.6. The maximum absolute atomic E-state index is 12.8. The number of benzene rings is 1. The highest BCUT2D eigenvalue weighted by Gasteiger charge is 2.55. The van der Waals surface area contributed by atoms with Crippen LogP contribution in [0.3, 0.4) is 0 Å². The van der Waals surface area contributed by atoms with Gasteiger partial charge in [0.25, 0.3) is 0 Å². The number of ether oxygens (including phenoxy) is 3. The summed E-state index contributed by atoms with van der Waals surface area (Å²) in [5.74, 6) is 1.34. The van der Waals surface area contributed by atoms with E-state index in [1.165, 1.54) is 12.7 Å². The van der Waals surface area contributed by atoms with Crippen LogP contribution in [0.2, 0.25) is 0 Å². The lowest BCUT2D eigenvalue weighted by Crippen LogP contribution is -2.58. The number of methoxy groups -OCH3 is 3. The number of anilines is 1. The third kappa shape index (κ3) is 4.31. The fraction of sp³-hybridized carbons (Fsp3) is 0.690. The predicted molar refractivity (Wildman–Crippen MR) is 148 cm³/mol. The summed E-state index contributed by atoms with van der Waals surface area (Å²) in [5, 5.41) is 3.93. The molecule has 0 spiro atoms. The van der Waals surface area contributed by atoms with Crippen LogP contribution in [0.1, 0.15) is 65.4 Å². The first-order valence-electron chi connectivity index (χ1n) is 13.9. The molecule has 0 radical (unpaired) electrons.